The summed E-state index contributed by atoms with van der Waals surface area (Å²) in [6, 6.07) is 11.2. The number of aromatic nitrogens is 2. The van der Waals surface area contributed by atoms with Gasteiger partial charge >= 0.3 is 5.69 Å². The molecule has 0 spiro atoms. The van der Waals surface area contributed by atoms with Gasteiger partial charge < -0.3 is 15.3 Å². The molecule has 0 aliphatic carbocycles. The van der Waals surface area contributed by atoms with Crippen LogP contribution in [0.25, 0.3) is 11.0 Å². The SMILES string of the molecule is O=C(Cc1ccccc1F)Nc1ccc2[nH]c(=O)[nH]c2c1. The van der Waals surface area contributed by atoms with Gasteiger partial charge in [0.1, 0.15) is 5.82 Å². The average molecular weight is 285 g/mol. The number of carbonyl (C=O) groups excluding carboxylic acids is 1. The van der Waals surface area contributed by atoms with Gasteiger partial charge in [-0.05, 0) is 29.8 Å². The van der Waals surface area contributed by atoms with E-state index in [2.05, 4.69) is 15.3 Å². The number of H-pyrrole nitrogens is 2. The molecular weight excluding hydrogens is 273 g/mol. The largest absolute Gasteiger partial charge is 0.326 e. The van der Waals surface area contributed by atoms with E-state index in [4.69, 9.17) is 0 Å². The lowest BCUT2D eigenvalue weighted by molar-refractivity contribution is -0.115. The zero-order valence-electron chi connectivity index (χ0n) is 10.9. The Morgan fingerprint density at radius 1 is 1.10 bits per heavy atom. The fraction of sp³-hybridized carbons (Fsp3) is 0.0667. The Kier molecular flexibility index (Phi) is 3.27. The molecule has 2 aromatic carbocycles. The molecule has 0 unspecified atom stereocenters. The first kappa shape index (κ1) is 13.1. The van der Waals surface area contributed by atoms with Crippen molar-refractivity contribution in [3.63, 3.8) is 0 Å². The summed E-state index contributed by atoms with van der Waals surface area (Å²) in [5.74, 6) is -0.726. The lowest BCUT2D eigenvalue weighted by atomic mass is 10.1. The molecule has 0 aliphatic rings. The lowest BCUT2D eigenvalue weighted by Gasteiger charge is -2.06. The monoisotopic (exact) mass is 285 g/mol. The van der Waals surface area contributed by atoms with Crippen molar-refractivity contribution >= 4 is 22.6 Å². The number of amides is 1. The predicted molar refractivity (Wildman–Crippen MR) is 77.7 cm³/mol. The van der Waals surface area contributed by atoms with E-state index in [9.17, 15) is 14.0 Å². The number of aromatic amines is 2. The normalized spacial score (nSPS) is 10.7. The van der Waals surface area contributed by atoms with Gasteiger partial charge in [0.05, 0.1) is 17.5 Å². The molecule has 3 aromatic rings. The first-order chi connectivity index (χ1) is 10.1. The molecule has 1 heterocycles. The molecule has 3 N–H and O–H groups in total. The quantitative estimate of drug-likeness (QED) is 0.689. The van der Waals surface area contributed by atoms with Crippen molar-refractivity contribution in [2.75, 3.05) is 5.32 Å². The standard InChI is InChI=1S/C15H12FN3O2/c16-11-4-2-1-3-9(11)7-14(20)17-10-5-6-12-13(8-10)19-15(21)18-12/h1-6,8H,7H2,(H,17,20)(H2,18,19,21). The molecule has 0 saturated heterocycles. The van der Waals surface area contributed by atoms with Gasteiger partial charge in [-0.25, -0.2) is 9.18 Å². The molecule has 1 aromatic heterocycles. The van der Waals surface area contributed by atoms with Crippen molar-refractivity contribution < 1.29 is 9.18 Å². The third-order valence-electron chi connectivity index (χ3n) is 3.11. The van der Waals surface area contributed by atoms with E-state index in [-0.39, 0.29) is 18.0 Å². The van der Waals surface area contributed by atoms with Gasteiger partial charge in [0.15, 0.2) is 0 Å². The van der Waals surface area contributed by atoms with Crippen LogP contribution in [0.5, 0.6) is 0 Å². The number of benzene rings is 2. The van der Waals surface area contributed by atoms with Gasteiger partial charge in [-0.15, -0.1) is 0 Å². The Balaban J connectivity index is 1.77. The van der Waals surface area contributed by atoms with Crippen LogP contribution in [0.15, 0.2) is 47.3 Å². The minimum atomic E-state index is -0.405. The second-order valence-corrected chi connectivity index (χ2v) is 4.66. The highest BCUT2D eigenvalue weighted by molar-refractivity contribution is 5.94. The Bertz CT molecular complexity index is 866. The molecular formula is C15H12FN3O2. The number of nitrogens with one attached hydrogen (secondary N) is 3. The van der Waals surface area contributed by atoms with Gasteiger partial charge in [-0.2, -0.15) is 0 Å². The highest BCUT2D eigenvalue weighted by atomic mass is 19.1. The molecule has 5 nitrogen and oxygen atoms in total. The number of fused-ring (bicyclic) bond motifs is 1. The van der Waals surface area contributed by atoms with Crippen molar-refractivity contribution in [1.29, 1.82) is 0 Å². The highest BCUT2D eigenvalue weighted by Gasteiger charge is 2.08. The van der Waals surface area contributed by atoms with Crippen LogP contribution in [0, 0.1) is 5.82 Å². The molecule has 106 valence electrons. The number of imidazole rings is 1. The maximum Gasteiger partial charge on any atom is 0.323 e. The summed E-state index contributed by atoms with van der Waals surface area (Å²) < 4.78 is 13.5. The molecule has 1 amide bonds. The van der Waals surface area contributed by atoms with E-state index in [1.165, 1.54) is 6.07 Å². The molecule has 0 saturated carbocycles. The number of hydrogen-bond acceptors (Lipinski definition) is 2. The van der Waals surface area contributed by atoms with Gasteiger partial charge in [0, 0.05) is 5.69 Å². The van der Waals surface area contributed by atoms with Crippen LogP contribution >= 0.6 is 0 Å². The van der Waals surface area contributed by atoms with Crippen molar-refractivity contribution in [2.45, 2.75) is 6.42 Å². The van der Waals surface area contributed by atoms with Gasteiger partial charge in [0.2, 0.25) is 5.91 Å². The van der Waals surface area contributed by atoms with Crippen molar-refractivity contribution in [1.82, 2.24) is 9.97 Å². The number of halogens is 1. The first-order valence-electron chi connectivity index (χ1n) is 6.37. The fourth-order valence-electron chi connectivity index (χ4n) is 2.13. The van der Waals surface area contributed by atoms with E-state index in [0.717, 1.165) is 0 Å². The summed E-state index contributed by atoms with van der Waals surface area (Å²) in [5.41, 5.74) is 1.83. The van der Waals surface area contributed by atoms with Gasteiger partial charge in [-0.1, -0.05) is 18.2 Å². The smallest absolute Gasteiger partial charge is 0.323 e. The summed E-state index contributed by atoms with van der Waals surface area (Å²) in [6.45, 7) is 0. The van der Waals surface area contributed by atoms with Gasteiger partial charge in [-0.3, -0.25) is 4.79 Å². The molecule has 3 rings (SSSR count). The maximum atomic E-state index is 13.5. The van der Waals surface area contributed by atoms with Gasteiger partial charge in [0.25, 0.3) is 0 Å². The minimum absolute atomic E-state index is 0.0473. The second kappa shape index (κ2) is 5.24. The number of carbonyl (C=O) groups is 1. The molecule has 21 heavy (non-hydrogen) atoms. The average Bonchev–Trinajstić information content (AvgIpc) is 2.80. The van der Waals surface area contributed by atoms with Crippen LogP contribution < -0.4 is 11.0 Å². The fourth-order valence-corrected chi connectivity index (χ4v) is 2.13. The summed E-state index contributed by atoms with van der Waals surface area (Å²) in [5, 5.41) is 2.68. The van der Waals surface area contributed by atoms with E-state index in [1.54, 1.807) is 36.4 Å². The van der Waals surface area contributed by atoms with Crippen molar-refractivity contribution in [2.24, 2.45) is 0 Å². The first-order valence-corrected chi connectivity index (χ1v) is 6.37. The Hall–Kier alpha value is -2.89. The molecule has 0 bridgehead atoms. The van der Waals surface area contributed by atoms with Crippen LogP contribution in [0.4, 0.5) is 10.1 Å². The van der Waals surface area contributed by atoms with Crippen LogP contribution in [0.3, 0.4) is 0 Å². The van der Waals surface area contributed by atoms with Crippen LogP contribution in [-0.2, 0) is 11.2 Å². The van der Waals surface area contributed by atoms with Crippen molar-refractivity contribution in [3.8, 4) is 0 Å². The van der Waals surface area contributed by atoms with E-state index in [0.29, 0.717) is 22.3 Å². The highest BCUT2D eigenvalue weighted by Crippen LogP contribution is 2.15. The van der Waals surface area contributed by atoms with E-state index in [1.807, 2.05) is 0 Å². The molecule has 0 atom stereocenters. The summed E-state index contributed by atoms with van der Waals surface area (Å²) >= 11 is 0. The Morgan fingerprint density at radius 2 is 1.86 bits per heavy atom. The number of rotatable bonds is 3. The number of anilines is 1. The van der Waals surface area contributed by atoms with E-state index < -0.39 is 5.82 Å². The number of hydrogen-bond donors (Lipinski definition) is 3. The van der Waals surface area contributed by atoms with Crippen LogP contribution in [-0.4, -0.2) is 15.9 Å². The molecule has 0 aliphatic heterocycles. The summed E-state index contributed by atoms with van der Waals surface area (Å²) in [4.78, 5) is 28.3. The van der Waals surface area contributed by atoms with Crippen LogP contribution in [0.1, 0.15) is 5.56 Å². The third-order valence-corrected chi connectivity index (χ3v) is 3.11. The predicted octanol–water partition coefficient (Wildman–Crippen LogP) is 2.18. The third kappa shape index (κ3) is 2.84. The summed E-state index contributed by atoms with van der Waals surface area (Å²) in [6.07, 6.45) is -0.0473. The topological polar surface area (TPSA) is 77.8 Å². The van der Waals surface area contributed by atoms with Crippen molar-refractivity contribution in [3.05, 3.63) is 64.3 Å². The Labute approximate surface area is 118 Å². The van der Waals surface area contributed by atoms with E-state index >= 15 is 0 Å². The molecule has 6 heteroatoms. The Morgan fingerprint density at radius 3 is 2.67 bits per heavy atom. The summed E-state index contributed by atoms with van der Waals surface area (Å²) in [7, 11) is 0. The lowest BCUT2D eigenvalue weighted by Crippen LogP contribution is -2.15. The van der Waals surface area contributed by atoms with Crippen LogP contribution in [0.2, 0.25) is 0 Å². The molecule has 0 fully saturated rings. The zero-order valence-corrected chi connectivity index (χ0v) is 10.9. The maximum absolute atomic E-state index is 13.5. The second-order valence-electron chi connectivity index (χ2n) is 4.66. The minimum Gasteiger partial charge on any atom is -0.326 e. The zero-order chi connectivity index (χ0) is 14.8. The molecule has 0 radical (unpaired) electrons.